The zero-order chi connectivity index (χ0) is 11.5. The summed E-state index contributed by atoms with van der Waals surface area (Å²) in [4.78, 5) is 0. The molecule has 0 saturated carbocycles. The predicted molar refractivity (Wildman–Crippen MR) is 64.1 cm³/mol. The second kappa shape index (κ2) is 4.82. The first-order chi connectivity index (χ1) is 7.74. The van der Waals surface area contributed by atoms with Gasteiger partial charge in [0.05, 0.1) is 22.3 Å². The van der Waals surface area contributed by atoms with Gasteiger partial charge < -0.3 is 5.32 Å². The van der Waals surface area contributed by atoms with E-state index in [9.17, 15) is 0 Å². The average Bonchev–Trinajstić information content (AvgIpc) is 2.71. The molecular formula is C10H10Cl2N4. The van der Waals surface area contributed by atoms with Gasteiger partial charge in [0.25, 0.3) is 0 Å². The Labute approximate surface area is 103 Å². The van der Waals surface area contributed by atoms with Crippen molar-refractivity contribution in [1.29, 1.82) is 0 Å². The van der Waals surface area contributed by atoms with Gasteiger partial charge in [-0.3, -0.25) is 4.57 Å². The fourth-order valence-electron chi connectivity index (χ4n) is 1.42. The van der Waals surface area contributed by atoms with Crippen molar-refractivity contribution in [2.24, 2.45) is 0 Å². The van der Waals surface area contributed by atoms with Crippen molar-refractivity contribution >= 4 is 23.2 Å². The third-order valence-electron chi connectivity index (χ3n) is 2.14. The van der Waals surface area contributed by atoms with E-state index < -0.39 is 0 Å². The maximum Gasteiger partial charge on any atom is 0.151 e. The van der Waals surface area contributed by atoms with E-state index in [4.69, 9.17) is 23.2 Å². The molecule has 0 fully saturated rings. The highest BCUT2D eigenvalue weighted by atomic mass is 35.5. The van der Waals surface area contributed by atoms with Gasteiger partial charge in [0.2, 0.25) is 0 Å². The minimum absolute atomic E-state index is 0.501. The maximum atomic E-state index is 6.13. The van der Waals surface area contributed by atoms with Crippen molar-refractivity contribution < 1.29 is 0 Å². The van der Waals surface area contributed by atoms with Crippen LogP contribution >= 0.6 is 23.2 Å². The summed E-state index contributed by atoms with van der Waals surface area (Å²) in [5.74, 6) is 0.784. The number of nitrogens with one attached hydrogen (secondary N) is 1. The van der Waals surface area contributed by atoms with E-state index >= 15 is 0 Å². The maximum absolute atomic E-state index is 6.13. The third-order valence-corrected chi connectivity index (χ3v) is 2.95. The zero-order valence-electron chi connectivity index (χ0n) is 8.61. The van der Waals surface area contributed by atoms with Gasteiger partial charge in [-0.25, -0.2) is 0 Å². The Kier molecular flexibility index (Phi) is 3.43. The highest BCUT2D eigenvalue weighted by Gasteiger charge is 2.10. The second-order valence-electron chi connectivity index (χ2n) is 3.22. The number of halogens is 2. The molecule has 0 atom stereocenters. The van der Waals surface area contributed by atoms with Crippen molar-refractivity contribution in [3.63, 3.8) is 0 Å². The van der Waals surface area contributed by atoms with E-state index in [1.54, 1.807) is 12.4 Å². The molecule has 1 heterocycles. The van der Waals surface area contributed by atoms with Gasteiger partial charge in [-0.05, 0) is 19.2 Å². The smallest absolute Gasteiger partial charge is 0.151 e. The minimum atomic E-state index is 0.501. The summed E-state index contributed by atoms with van der Waals surface area (Å²) in [7, 11) is 1.85. The third kappa shape index (κ3) is 2.04. The molecule has 2 aromatic rings. The first kappa shape index (κ1) is 11.4. The molecule has 0 aliphatic rings. The molecule has 0 aliphatic heterocycles. The molecule has 4 nitrogen and oxygen atoms in total. The van der Waals surface area contributed by atoms with Crippen LogP contribution < -0.4 is 5.32 Å². The van der Waals surface area contributed by atoms with Gasteiger partial charge in [-0.2, -0.15) is 0 Å². The number of rotatable bonds is 3. The number of hydrogen-bond donors (Lipinski definition) is 1. The van der Waals surface area contributed by atoms with Crippen LogP contribution in [0.15, 0.2) is 24.5 Å². The van der Waals surface area contributed by atoms with Crippen LogP contribution in [0.25, 0.3) is 5.69 Å². The van der Waals surface area contributed by atoms with Gasteiger partial charge in [-0.15, -0.1) is 10.2 Å². The zero-order valence-corrected chi connectivity index (χ0v) is 10.1. The van der Waals surface area contributed by atoms with Crippen LogP contribution in [0.1, 0.15) is 5.82 Å². The second-order valence-corrected chi connectivity index (χ2v) is 4.01. The lowest BCUT2D eigenvalue weighted by molar-refractivity contribution is 0.737. The molecule has 1 aromatic carbocycles. The highest BCUT2D eigenvalue weighted by molar-refractivity contribution is 6.43. The van der Waals surface area contributed by atoms with Gasteiger partial charge in [0.1, 0.15) is 6.33 Å². The molecule has 0 amide bonds. The Morgan fingerprint density at radius 2 is 2.19 bits per heavy atom. The first-order valence-electron chi connectivity index (χ1n) is 4.72. The molecule has 16 heavy (non-hydrogen) atoms. The standard InChI is InChI=1S/C10H10Cl2N4/c1-13-5-9-15-14-6-16(9)8-4-2-3-7(11)10(8)12/h2-4,6,13H,5H2,1H3. The highest BCUT2D eigenvalue weighted by Crippen LogP contribution is 2.28. The Morgan fingerprint density at radius 1 is 1.38 bits per heavy atom. The van der Waals surface area contributed by atoms with E-state index in [0.29, 0.717) is 16.6 Å². The lowest BCUT2D eigenvalue weighted by atomic mass is 10.3. The summed E-state index contributed by atoms with van der Waals surface area (Å²) in [5, 5.41) is 11.9. The Morgan fingerprint density at radius 3 is 2.94 bits per heavy atom. The molecular weight excluding hydrogens is 247 g/mol. The molecule has 0 radical (unpaired) electrons. The van der Waals surface area contributed by atoms with E-state index in [1.165, 1.54) is 0 Å². The van der Waals surface area contributed by atoms with Crippen LogP contribution in [0.2, 0.25) is 10.0 Å². The normalized spacial score (nSPS) is 10.7. The van der Waals surface area contributed by atoms with E-state index in [-0.39, 0.29) is 0 Å². The van der Waals surface area contributed by atoms with Crippen LogP contribution in [0, 0.1) is 0 Å². The molecule has 1 aromatic heterocycles. The summed E-state index contributed by atoms with van der Waals surface area (Å²) in [6, 6.07) is 5.46. The molecule has 0 saturated heterocycles. The predicted octanol–water partition coefficient (Wildman–Crippen LogP) is 2.29. The molecule has 2 rings (SSSR count). The van der Waals surface area contributed by atoms with Crippen molar-refractivity contribution in [1.82, 2.24) is 20.1 Å². The molecule has 84 valence electrons. The van der Waals surface area contributed by atoms with Gasteiger partial charge in [0, 0.05) is 0 Å². The van der Waals surface area contributed by atoms with Crippen LogP contribution in [0.4, 0.5) is 0 Å². The molecule has 1 N–H and O–H groups in total. The lowest BCUT2D eigenvalue weighted by Crippen LogP contribution is -2.11. The Bertz CT molecular complexity index is 495. The summed E-state index contributed by atoms with van der Waals surface area (Å²) < 4.78 is 1.81. The van der Waals surface area contributed by atoms with E-state index in [0.717, 1.165) is 11.5 Å². The summed E-state index contributed by atoms with van der Waals surface area (Å²) in [5.41, 5.74) is 0.782. The van der Waals surface area contributed by atoms with Crippen molar-refractivity contribution in [3.05, 3.63) is 40.4 Å². The quantitative estimate of drug-likeness (QED) is 0.917. The van der Waals surface area contributed by atoms with Gasteiger partial charge in [-0.1, -0.05) is 29.3 Å². The minimum Gasteiger partial charge on any atom is -0.313 e. The molecule has 6 heteroatoms. The van der Waals surface area contributed by atoms with Crippen molar-refractivity contribution in [2.45, 2.75) is 6.54 Å². The number of benzene rings is 1. The van der Waals surface area contributed by atoms with E-state index in [1.807, 2.05) is 23.7 Å². The fourth-order valence-corrected chi connectivity index (χ4v) is 1.80. The van der Waals surface area contributed by atoms with Crippen molar-refractivity contribution in [3.8, 4) is 5.69 Å². The van der Waals surface area contributed by atoms with Crippen molar-refractivity contribution in [2.75, 3.05) is 7.05 Å². The van der Waals surface area contributed by atoms with E-state index in [2.05, 4.69) is 15.5 Å². The monoisotopic (exact) mass is 256 g/mol. The van der Waals surface area contributed by atoms with Gasteiger partial charge >= 0.3 is 0 Å². The van der Waals surface area contributed by atoms with Crippen LogP contribution in [-0.4, -0.2) is 21.8 Å². The van der Waals surface area contributed by atoms with Crippen LogP contribution in [0.5, 0.6) is 0 Å². The molecule has 0 spiro atoms. The van der Waals surface area contributed by atoms with Crippen LogP contribution in [-0.2, 0) is 6.54 Å². The largest absolute Gasteiger partial charge is 0.313 e. The molecule has 0 aliphatic carbocycles. The van der Waals surface area contributed by atoms with Gasteiger partial charge in [0.15, 0.2) is 5.82 Å². The molecule has 0 bridgehead atoms. The number of aromatic nitrogens is 3. The lowest BCUT2D eigenvalue weighted by Gasteiger charge is -2.08. The first-order valence-corrected chi connectivity index (χ1v) is 5.47. The van der Waals surface area contributed by atoms with Crippen LogP contribution in [0.3, 0.4) is 0 Å². The summed E-state index contributed by atoms with van der Waals surface area (Å²) in [6.07, 6.45) is 1.62. The Hall–Kier alpha value is -1.10. The Balaban J connectivity index is 2.50. The number of hydrogen-bond acceptors (Lipinski definition) is 3. The average molecular weight is 257 g/mol. The fraction of sp³-hybridized carbons (Fsp3) is 0.200. The molecule has 0 unspecified atom stereocenters. The SMILES string of the molecule is CNCc1nncn1-c1cccc(Cl)c1Cl. The number of nitrogens with zero attached hydrogens (tertiary/aromatic N) is 3. The summed E-state index contributed by atoms with van der Waals surface area (Å²) in [6.45, 7) is 0.614. The summed E-state index contributed by atoms with van der Waals surface area (Å²) >= 11 is 12.1. The topological polar surface area (TPSA) is 42.7 Å².